The molecule has 0 amide bonds. The first-order valence-corrected chi connectivity index (χ1v) is 13.2. The van der Waals surface area contributed by atoms with Crippen molar-refractivity contribution in [3.05, 3.63) is 0 Å². The second-order valence-electron chi connectivity index (χ2n) is 9.37. The second kappa shape index (κ2) is 39.4. The minimum atomic E-state index is -0.653. The number of aliphatic carboxylic acids is 1. The molecule has 0 radical (unpaired) electrons. The maximum absolute atomic E-state index is 10.3. The van der Waals surface area contributed by atoms with Crippen molar-refractivity contribution in [3.8, 4) is 0 Å². The molecule has 0 bridgehead atoms. The van der Waals surface area contributed by atoms with Crippen LogP contribution in [0.5, 0.6) is 0 Å². The van der Waals surface area contributed by atoms with E-state index in [1.54, 1.807) is 41.5 Å². The third-order valence-electron chi connectivity index (χ3n) is 3.99. The van der Waals surface area contributed by atoms with Crippen LogP contribution in [-0.2, 0) is 31.0 Å². The summed E-state index contributed by atoms with van der Waals surface area (Å²) in [6.45, 7) is 12.6. The van der Waals surface area contributed by atoms with Gasteiger partial charge in [0.1, 0.15) is 0 Å². The molecule has 0 aromatic rings. The van der Waals surface area contributed by atoms with Crippen LogP contribution in [0.25, 0.3) is 0 Å². The van der Waals surface area contributed by atoms with Crippen molar-refractivity contribution in [1.82, 2.24) is 0 Å². The molecule has 0 fully saturated rings. The quantitative estimate of drug-likeness (QED) is 0.148. The number of rotatable bonds is 16. The number of carbonyl (C=O) groups is 1. The van der Waals surface area contributed by atoms with Gasteiger partial charge in [0.2, 0.25) is 0 Å². The fourth-order valence-electron chi connectivity index (χ4n) is 2.65. The van der Waals surface area contributed by atoms with Crippen LogP contribution in [0.3, 0.4) is 0 Å². The molecule has 4 N–H and O–H groups in total. The Balaban J connectivity index is -0.000000165. The summed E-state index contributed by atoms with van der Waals surface area (Å²) < 4.78 is 0. The molecule has 0 unspecified atom stereocenters. The van der Waals surface area contributed by atoms with Gasteiger partial charge in [0.25, 0.3) is 0 Å². The van der Waals surface area contributed by atoms with Gasteiger partial charge in [0.05, 0.1) is 0 Å². The fraction of sp³-hybridized carbons (Fsp3) is 0.963. The van der Waals surface area contributed by atoms with Crippen molar-refractivity contribution in [2.45, 2.75) is 170 Å². The Labute approximate surface area is 226 Å². The molecule has 6 heteroatoms. The van der Waals surface area contributed by atoms with Gasteiger partial charge in [-0.25, -0.2) is 0 Å². The molecule has 0 atom stereocenters. The van der Waals surface area contributed by atoms with E-state index in [-0.39, 0.29) is 44.5 Å². The second-order valence-corrected chi connectivity index (χ2v) is 9.37. The SMILES string of the molecule is CC(C)O.CC(C)O.CC(C)O.CCCCCCCCCCCCCCCCCC(=O)O.[Zr]. The molecule has 0 aromatic carbocycles. The Morgan fingerprint density at radius 2 is 0.697 bits per heavy atom. The van der Waals surface area contributed by atoms with Crippen LogP contribution in [0, 0.1) is 0 Å². The van der Waals surface area contributed by atoms with E-state index in [1.165, 1.54) is 83.5 Å². The zero-order chi connectivity index (χ0) is 25.6. The number of carboxylic acids is 1. The number of hydrogen-bond donors (Lipinski definition) is 4. The van der Waals surface area contributed by atoms with Gasteiger partial charge in [0.15, 0.2) is 0 Å². The van der Waals surface area contributed by atoms with E-state index in [4.69, 9.17) is 20.4 Å². The van der Waals surface area contributed by atoms with Crippen molar-refractivity contribution >= 4 is 5.97 Å². The molecule has 5 nitrogen and oxygen atoms in total. The molecule has 0 aliphatic rings. The minimum Gasteiger partial charge on any atom is -0.481 e. The molecule has 0 aliphatic carbocycles. The Morgan fingerprint density at radius 1 is 0.515 bits per heavy atom. The molecule has 202 valence electrons. The maximum Gasteiger partial charge on any atom is 0.303 e. The molecule has 0 spiro atoms. The van der Waals surface area contributed by atoms with E-state index < -0.39 is 5.97 Å². The van der Waals surface area contributed by atoms with Crippen LogP contribution in [-0.4, -0.2) is 44.7 Å². The maximum atomic E-state index is 10.3. The summed E-state index contributed by atoms with van der Waals surface area (Å²) in [5, 5.41) is 32.7. The zero-order valence-corrected chi connectivity index (χ0v) is 25.7. The van der Waals surface area contributed by atoms with Crippen molar-refractivity contribution < 1.29 is 51.4 Å². The van der Waals surface area contributed by atoms with Gasteiger partial charge in [-0.2, -0.15) is 0 Å². The third-order valence-corrected chi connectivity index (χ3v) is 3.99. The Bertz CT molecular complexity index is 301. The number of aliphatic hydroxyl groups excluding tert-OH is 3. The molecule has 33 heavy (non-hydrogen) atoms. The zero-order valence-electron chi connectivity index (χ0n) is 23.2. The van der Waals surface area contributed by atoms with Gasteiger partial charge in [0, 0.05) is 50.9 Å². The van der Waals surface area contributed by atoms with Crippen LogP contribution in [0.1, 0.15) is 151 Å². The Morgan fingerprint density at radius 3 is 0.879 bits per heavy atom. The van der Waals surface area contributed by atoms with Gasteiger partial charge >= 0.3 is 5.97 Å². The Hall–Kier alpha value is 0.233. The molecular weight excluding hydrogens is 496 g/mol. The molecule has 0 saturated carbocycles. The molecule has 0 aromatic heterocycles. The van der Waals surface area contributed by atoms with E-state index in [2.05, 4.69) is 6.92 Å². The van der Waals surface area contributed by atoms with Gasteiger partial charge < -0.3 is 20.4 Å². The number of carboxylic acid groups (broad SMARTS) is 1. The molecule has 0 rings (SSSR count). The van der Waals surface area contributed by atoms with Crippen molar-refractivity contribution in [3.63, 3.8) is 0 Å². The third kappa shape index (κ3) is 99.2. The van der Waals surface area contributed by atoms with Gasteiger partial charge in [-0.15, -0.1) is 0 Å². The summed E-state index contributed by atoms with van der Waals surface area (Å²) in [6, 6.07) is 0. The van der Waals surface area contributed by atoms with E-state index in [1.807, 2.05) is 0 Å². The fourth-order valence-corrected chi connectivity index (χ4v) is 2.65. The summed E-state index contributed by atoms with van der Waals surface area (Å²) in [5.41, 5.74) is 0. The van der Waals surface area contributed by atoms with Crippen LogP contribution in [0.2, 0.25) is 0 Å². The number of unbranched alkanes of at least 4 members (excludes halogenated alkanes) is 14. The number of hydrogen-bond acceptors (Lipinski definition) is 4. The summed E-state index contributed by atoms with van der Waals surface area (Å²) in [7, 11) is 0. The van der Waals surface area contributed by atoms with Crippen LogP contribution in [0.4, 0.5) is 0 Å². The summed E-state index contributed by atoms with van der Waals surface area (Å²) in [4.78, 5) is 10.3. The van der Waals surface area contributed by atoms with Gasteiger partial charge in [-0.1, -0.05) is 96.8 Å². The topological polar surface area (TPSA) is 98.0 Å². The molecule has 0 heterocycles. The molecule has 0 aliphatic heterocycles. The van der Waals surface area contributed by atoms with Crippen LogP contribution >= 0.6 is 0 Å². The van der Waals surface area contributed by atoms with E-state index >= 15 is 0 Å². The average Bonchev–Trinajstić information content (AvgIpc) is 2.63. The first-order valence-electron chi connectivity index (χ1n) is 13.2. The minimum absolute atomic E-state index is 0. The van der Waals surface area contributed by atoms with E-state index in [0.29, 0.717) is 6.42 Å². The monoisotopic (exact) mass is 554 g/mol. The van der Waals surface area contributed by atoms with Crippen LogP contribution < -0.4 is 0 Å². The van der Waals surface area contributed by atoms with E-state index in [0.717, 1.165) is 12.8 Å². The largest absolute Gasteiger partial charge is 0.481 e. The number of aliphatic hydroxyl groups is 3. The predicted molar refractivity (Wildman–Crippen MR) is 139 cm³/mol. The summed E-state index contributed by atoms with van der Waals surface area (Å²) in [6.07, 6.45) is 19.7. The predicted octanol–water partition coefficient (Wildman–Crippen LogP) is 7.49. The standard InChI is InChI=1S/C18H36O2.3C3H8O.Zr/c1-2-3-4-5-6-7-8-9-10-11-12-13-14-15-16-17-18(19)20;3*1-3(2)4;/h2-17H2,1H3,(H,19,20);3*3-4H,1-2H3;. The first-order chi connectivity index (χ1) is 15.0. The van der Waals surface area contributed by atoms with Crippen molar-refractivity contribution in [2.75, 3.05) is 0 Å². The van der Waals surface area contributed by atoms with Crippen LogP contribution in [0.15, 0.2) is 0 Å². The average molecular weight is 556 g/mol. The summed E-state index contributed by atoms with van der Waals surface area (Å²) in [5.74, 6) is -0.653. The first kappa shape index (κ1) is 43.3. The Kier molecular flexibility index (Phi) is 51.8. The van der Waals surface area contributed by atoms with E-state index in [9.17, 15) is 4.79 Å². The van der Waals surface area contributed by atoms with Crippen molar-refractivity contribution in [2.24, 2.45) is 0 Å². The van der Waals surface area contributed by atoms with Gasteiger partial charge in [-0.3, -0.25) is 4.79 Å². The molecule has 0 saturated heterocycles. The smallest absolute Gasteiger partial charge is 0.303 e. The summed E-state index contributed by atoms with van der Waals surface area (Å²) >= 11 is 0. The molecular formula is C27H60O5Zr. The normalized spacial score (nSPS) is 9.85. The van der Waals surface area contributed by atoms with Crippen molar-refractivity contribution in [1.29, 1.82) is 0 Å². The van der Waals surface area contributed by atoms with Gasteiger partial charge in [-0.05, 0) is 48.0 Å².